The van der Waals surface area contributed by atoms with Crippen LogP contribution in [0.3, 0.4) is 0 Å². The Labute approximate surface area is 126 Å². The summed E-state index contributed by atoms with van der Waals surface area (Å²) in [6.45, 7) is 0. The Morgan fingerprint density at radius 3 is 2.85 bits per heavy atom. The lowest BCUT2D eigenvalue weighted by Gasteiger charge is -2.07. The highest BCUT2D eigenvalue weighted by molar-refractivity contribution is 14.1. The van der Waals surface area contributed by atoms with Crippen molar-refractivity contribution in [3.05, 3.63) is 39.9 Å². The number of carbonyl (C=O) groups is 1. The topological polar surface area (TPSA) is 104 Å². The molecule has 0 spiro atoms. The highest BCUT2D eigenvalue weighted by Gasteiger charge is 2.13. The van der Waals surface area contributed by atoms with Gasteiger partial charge in [0.05, 0.1) is 5.52 Å². The van der Waals surface area contributed by atoms with Gasteiger partial charge in [0.1, 0.15) is 5.82 Å². The van der Waals surface area contributed by atoms with E-state index in [-0.39, 0.29) is 5.82 Å². The van der Waals surface area contributed by atoms with Crippen molar-refractivity contribution in [2.75, 3.05) is 5.32 Å². The molecule has 2 heterocycles. The number of hydrogen-bond acceptors (Lipinski definition) is 5. The van der Waals surface area contributed by atoms with E-state index in [9.17, 15) is 4.79 Å². The molecule has 0 bridgehead atoms. The van der Waals surface area contributed by atoms with Gasteiger partial charge < -0.3 is 10.4 Å². The number of rotatable bonds is 3. The minimum absolute atomic E-state index is 0.252. The van der Waals surface area contributed by atoms with Crippen molar-refractivity contribution >= 4 is 51.1 Å². The van der Waals surface area contributed by atoms with E-state index in [1.54, 1.807) is 18.3 Å². The van der Waals surface area contributed by atoms with Gasteiger partial charge in [-0.25, -0.2) is 14.8 Å². The fraction of sp³-hybridized carbons (Fsp3) is 0. The second-order valence-electron chi connectivity index (χ2n) is 3.95. The summed E-state index contributed by atoms with van der Waals surface area (Å²) in [7, 11) is 0. The van der Waals surface area contributed by atoms with Crippen LogP contribution in [0.15, 0.2) is 30.5 Å². The molecule has 1 aromatic carbocycles. The number of aromatic amines is 1. The number of H-pyrrole nitrogens is 1. The lowest BCUT2D eigenvalue weighted by atomic mass is 10.2. The molecule has 0 radical (unpaired) electrons. The summed E-state index contributed by atoms with van der Waals surface area (Å²) in [4.78, 5) is 19.2. The second-order valence-corrected chi connectivity index (χ2v) is 5.19. The van der Waals surface area contributed by atoms with Crippen molar-refractivity contribution in [3.63, 3.8) is 0 Å². The quantitative estimate of drug-likeness (QED) is 0.602. The van der Waals surface area contributed by atoms with E-state index in [2.05, 4.69) is 48.1 Å². The number of aromatic nitrogens is 4. The van der Waals surface area contributed by atoms with Crippen LogP contribution in [0.1, 0.15) is 10.6 Å². The van der Waals surface area contributed by atoms with Gasteiger partial charge in [0, 0.05) is 21.2 Å². The maximum atomic E-state index is 11.1. The number of benzene rings is 1. The SMILES string of the molecule is O=C(O)c1nc(Nc2cc[nH]n2)c2ccc(I)cc2n1. The highest BCUT2D eigenvalue weighted by atomic mass is 127. The van der Waals surface area contributed by atoms with E-state index in [0.717, 1.165) is 8.96 Å². The van der Waals surface area contributed by atoms with Gasteiger partial charge in [-0.1, -0.05) is 0 Å². The van der Waals surface area contributed by atoms with E-state index < -0.39 is 5.97 Å². The summed E-state index contributed by atoms with van der Waals surface area (Å²) in [5.41, 5.74) is 0.572. The monoisotopic (exact) mass is 381 g/mol. The lowest BCUT2D eigenvalue weighted by Crippen LogP contribution is -2.07. The van der Waals surface area contributed by atoms with Gasteiger partial charge in [0.15, 0.2) is 5.82 Å². The Kier molecular flexibility index (Phi) is 3.22. The molecule has 0 amide bonds. The first-order valence-corrected chi connectivity index (χ1v) is 6.69. The number of nitrogens with zero attached hydrogens (tertiary/aromatic N) is 3. The summed E-state index contributed by atoms with van der Waals surface area (Å²) < 4.78 is 0.968. The van der Waals surface area contributed by atoms with E-state index in [4.69, 9.17) is 5.11 Å². The smallest absolute Gasteiger partial charge is 0.374 e. The molecule has 0 saturated heterocycles. The fourth-order valence-electron chi connectivity index (χ4n) is 1.74. The number of nitrogens with one attached hydrogen (secondary N) is 2. The molecule has 0 aliphatic rings. The van der Waals surface area contributed by atoms with Crippen LogP contribution < -0.4 is 5.32 Å². The average molecular weight is 381 g/mol. The standard InChI is InChI=1S/C12H8IN5O2/c13-6-1-2-7-8(5-6)15-11(12(19)20)17-10(7)16-9-3-4-14-18-9/h1-5H,(H,19,20)(H2,14,15,16,17,18). The van der Waals surface area contributed by atoms with Gasteiger partial charge in [-0.05, 0) is 40.8 Å². The van der Waals surface area contributed by atoms with Crippen molar-refractivity contribution in [3.8, 4) is 0 Å². The third-order valence-electron chi connectivity index (χ3n) is 2.60. The van der Waals surface area contributed by atoms with Crippen LogP contribution in [0.2, 0.25) is 0 Å². The molecule has 0 unspecified atom stereocenters. The lowest BCUT2D eigenvalue weighted by molar-refractivity contribution is 0.0684. The predicted molar refractivity (Wildman–Crippen MR) is 81.1 cm³/mol. The van der Waals surface area contributed by atoms with Gasteiger partial charge in [0.25, 0.3) is 0 Å². The second kappa shape index (κ2) is 5.04. The number of aromatic carboxylic acids is 1. The number of anilines is 2. The maximum Gasteiger partial charge on any atom is 0.374 e. The zero-order valence-electron chi connectivity index (χ0n) is 9.96. The molecule has 3 aromatic rings. The summed E-state index contributed by atoms with van der Waals surface area (Å²) in [6.07, 6.45) is 1.66. The molecule has 0 atom stereocenters. The first-order valence-electron chi connectivity index (χ1n) is 5.61. The van der Waals surface area contributed by atoms with Crippen molar-refractivity contribution in [1.82, 2.24) is 20.2 Å². The van der Waals surface area contributed by atoms with E-state index in [1.807, 2.05) is 12.1 Å². The molecule has 20 heavy (non-hydrogen) atoms. The van der Waals surface area contributed by atoms with E-state index in [0.29, 0.717) is 17.2 Å². The molecule has 100 valence electrons. The van der Waals surface area contributed by atoms with Crippen LogP contribution in [0.25, 0.3) is 10.9 Å². The first kappa shape index (κ1) is 12.8. The minimum atomic E-state index is -1.17. The fourth-order valence-corrected chi connectivity index (χ4v) is 2.22. The number of carboxylic acid groups (broad SMARTS) is 1. The van der Waals surface area contributed by atoms with E-state index in [1.165, 1.54) is 0 Å². The Balaban J connectivity index is 2.19. The van der Waals surface area contributed by atoms with Crippen LogP contribution >= 0.6 is 22.6 Å². The van der Waals surface area contributed by atoms with Gasteiger partial charge in [-0.15, -0.1) is 0 Å². The first-order chi connectivity index (χ1) is 9.63. The molecule has 0 saturated carbocycles. The van der Waals surface area contributed by atoms with Crippen molar-refractivity contribution in [2.24, 2.45) is 0 Å². The van der Waals surface area contributed by atoms with Crippen LogP contribution in [0.5, 0.6) is 0 Å². The Morgan fingerprint density at radius 2 is 2.15 bits per heavy atom. The van der Waals surface area contributed by atoms with Crippen LogP contribution in [0, 0.1) is 3.57 Å². The summed E-state index contributed by atoms with van der Waals surface area (Å²) in [5.74, 6) is -0.454. The largest absolute Gasteiger partial charge is 0.475 e. The van der Waals surface area contributed by atoms with Crippen molar-refractivity contribution in [2.45, 2.75) is 0 Å². The van der Waals surface area contributed by atoms with Crippen LogP contribution in [0.4, 0.5) is 11.6 Å². The molecule has 3 rings (SSSR count). The highest BCUT2D eigenvalue weighted by Crippen LogP contribution is 2.24. The molecular weight excluding hydrogens is 373 g/mol. The van der Waals surface area contributed by atoms with Crippen LogP contribution in [-0.4, -0.2) is 31.2 Å². The number of hydrogen-bond donors (Lipinski definition) is 3. The summed E-state index contributed by atoms with van der Waals surface area (Å²) in [6, 6.07) is 7.28. The van der Waals surface area contributed by atoms with E-state index >= 15 is 0 Å². The zero-order chi connectivity index (χ0) is 14.1. The third-order valence-corrected chi connectivity index (χ3v) is 3.27. The molecule has 0 aliphatic heterocycles. The number of halogens is 1. The molecule has 0 fully saturated rings. The molecule has 7 nitrogen and oxygen atoms in total. The van der Waals surface area contributed by atoms with Crippen LogP contribution in [-0.2, 0) is 0 Å². The maximum absolute atomic E-state index is 11.1. The Bertz CT molecular complexity index is 788. The third kappa shape index (κ3) is 2.41. The summed E-state index contributed by atoms with van der Waals surface area (Å²) >= 11 is 2.15. The van der Waals surface area contributed by atoms with Crippen molar-refractivity contribution < 1.29 is 9.90 Å². The van der Waals surface area contributed by atoms with Crippen molar-refractivity contribution in [1.29, 1.82) is 0 Å². The van der Waals surface area contributed by atoms with Gasteiger partial charge in [-0.3, -0.25) is 5.10 Å². The molecule has 2 aromatic heterocycles. The average Bonchev–Trinajstić information content (AvgIpc) is 2.90. The molecule has 0 aliphatic carbocycles. The zero-order valence-corrected chi connectivity index (χ0v) is 12.1. The normalized spacial score (nSPS) is 10.7. The van der Waals surface area contributed by atoms with Gasteiger partial charge in [-0.2, -0.15) is 5.10 Å². The predicted octanol–water partition coefficient (Wildman–Crippen LogP) is 2.40. The number of carboxylic acids is 1. The van der Waals surface area contributed by atoms with Gasteiger partial charge in [0.2, 0.25) is 5.82 Å². The molecule has 8 heteroatoms. The summed E-state index contributed by atoms with van der Waals surface area (Å²) in [5, 5.41) is 19.4. The Morgan fingerprint density at radius 1 is 1.30 bits per heavy atom. The van der Waals surface area contributed by atoms with Gasteiger partial charge >= 0.3 is 5.97 Å². The molecule has 3 N–H and O–H groups in total. The molecular formula is C12H8IN5O2. The Hall–Kier alpha value is -2.23. The minimum Gasteiger partial charge on any atom is -0.475 e. The number of fused-ring (bicyclic) bond motifs is 1.